The molecule has 0 bridgehead atoms. The molecule has 2 amide bonds. The first-order valence-corrected chi connectivity index (χ1v) is 13.4. The van der Waals surface area contributed by atoms with E-state index in [1.54, 1.807) is 19.1 Å². The minimum atomic E-state index is -0.617. The second-order valence-corrected chi connectivity index (χ2v) is 10.4. The molecular formula is C32H35N3O4. The zero-order chi connectivity index (χ0) is 27.5. The Balaban J connectivity index is 1.43. The summed E-state index contributed by atoms with van der Waals surface area (Å²) in [6.07, 6.45) is 3.15. The number of hydrogen-bond donors (Lipinski definition) is 2. The molecule has 0 saturated carbocycles. The number of aromatic nitrogens is 1. The number of ether oxygens (including phenoxy) is 2. The maximum atomic E-state index is 13.9. The molecule has 2 atom stereocenters. The van der Waals surface area contributed by atoms with Crippen LogP contribution in [0.4, 0.5) is 0 Å². The van der Waals surface area contributed by atoms with Gasteiger partial charge in [0.2, 0.25) is 5.91 Å². The standard InChI is InChI=1S/C32H35N3O4/c1-20(2)17-27(31(36)33-16-15-21-13-14-28(38-3)29(18-21)39-4)35-30(23-10-5-6-11-24(23)32(35)37)25-19-34-26-12-8-7-9-22(25)26/h5-14,18-20,27,30,34H,15-17H2,1-4H3,(H,33,36). The number of amides is 2. The summed E-state index contributed by atoms with van der Waals surface area (Å²) in [4.78, 5) is 32.8. The maximum absolute atomic E-state index is 13.9. The van der Waals surface area contributed by atoms with Gasteiger partial charge in [-0.2, -0.15) is 0 Å². The van der Waals surface area contributed by atoms with Gasteiger partial charge >= 0.3 is 0 Å². The lowest BCUT2D eigenvalue weighted by molar-refractivity contribution is -0.126. The van der Waals surface area contributed by atoms with Crippen molar-refractivity contribution in [1.29, 1.82) is 0 Å². The molecule has 0 fully saturated rings. The van der Waals surface area contributed by atoms with E-state index in [1.165, 1.54) is 0 Å². The number of carbonyl (C=O) groups excluding carboxylic acids is 2. The van der Waals surface area contributed by atoms with Crippen LogP contribution < -0.4 is 14.8 Å². The van der Waals surface area contributed by atoms with E-state index in [-0.39, 0.29) is 23.8 Å². The van der Waals surface area contributed by atoms with Crippen molar-refractivity contribution in [3.8, 4) is 11.5 Å². The zero-order valence-corrected chi connectivity index (χ0v) is 22.9. The van der Waals surface area contributed by atoms with Gasteiger partial charge in [0, 0.05) is 34.8 Å². The number of H-pyrrole nitrogens is 1. The predicted octanol–water partition coefficient (Wildman–Crippen LogP) is 5.50. The van der Waals surface area contributed by atoms with Crippen LogP contribution in [-0.2, 0) is 11.2 Å². The molecule has 7 nitrogen and oxygen atoms in total. The molecule has 2 N–H and O–H groups in total. The van der Waals surface area contributed by atoms with Gasteiger partial charge in [-0.25, -0.2) is 0 Å². The minimum absolute atomic E-state index is 0.110. The van der Waals surface area contributed by atoms with Crippen molar-refractivity contribution in [2.45, 2.75) is 38.8 Å². The Kier molecular flexibility index (Phi) is 7.59. The number of para-hydroxylation sites is 1. The molecular weight excluding hydrogens is 490 g/mol. The lowest BCUT2D eigenvalue weighted by atomic mass is 9.95. The second kappa shape index (κ2) is 11.2. The third-order valence-electron chi connectivity index (χ3n) is 7.41. The fourth-order valence-electron chi connectivity index (χ4n) is 5.57. The summed E-state index contributed by atoms with van der Waals surface area (Å²) in [5.74, 6) is 1.28. The van der Waals surface area contributed by atoms with Crippen molar-refractivity contribution in [2.24, 2.45) is 5.92 Å². The molecule has 0 saturated heterocycles. The molecule has 5 rings (SSSR count). The third-order valence-corrected chi connectivity index (χ3v) is 7.41. The van der Waals surface area contributed by atoms with Crippen molar-refractivity contribution in [1.82, 2.24) is 15.2 Å². The van der Waals surface area contributed by atoms with Crippen molar-refractivity contribution < 1.29 is 19.1 Å². The number of methoxy groups -OCH3 is 2. The monoisotopic (exact) mass is 525 g/mol. The quantitative estimate of drug-likeness (QED) is 0.286. The highest BCUT2D eigenvalue weighted by Gasteiger charge is 2.44. The number of fused-ring (bicyclic) bond motifs is 2. The average molecular weight is 526 g/mol. The molecule has 7 heteroatoms. The van der Waals surface area contributed by atoms with Crippen molar-refractivity contribution in [2.75, 3.05) is 20.8 Å². The molecule has 202 valence electrons. The number of nitrogens with one attached hydrogen (secondary N) is 2. The van der Waals surface area contributed by atoms with E-state index in [0.717, 1.165) is 27.6 Å². The molecule has 39 heavy (non-hydrogen) atoms. The van der Waals surface area contributed by atoms with Crippen LogP contribution >= 0.6 is 0 Å². The average Bonchev–Trinajstić information content (AvgIpc) is 3.50. The molecule has 1 aliphatic rings. The van der Waals surface area contributed by atoms with Gasteiger partial charge < -0.3 is 24.7 Å². The van der Waals surface area contributed by atoms with Crippen LogP contribution in [0.3, 0.4) is 0 Å². The number of benzene rings is 3. The first kappa shape index (κ1) is 26.4. The van der Waals surface area contributed by atoms with Crippen molar-refractivity contribution >= 4 is 22.7 Å². The number of hydrogen-bond acceptors (Lipinski definition) is 4. The summed E-state index contributed by atoms with van der Waals surface area (Å²) in [5, 5.41) is 4.17. The van der Waals surface area contributed by atoms with E-state index in [4.69, 9.17) is 9.47 Å². The summed E-state index contributed by atoms with van der Waals surface area (Å²) in [5.41, 5.74) is 4.60. The van der Waals surface area contributed by atoms with E-state index < -0.39 is 6.04 Å². The Morgan fingerprint density at radius 1 is 0.974 bits per heavy atom. The first-order valence-electron chi connectivity index (χ1n) is 13.4. The Morgan fingerprint density at radius 3 is 2.49 bits per heavy atom. The summed E-state index contributed by atoms with van der Waals surface area (Å²) in [6.45, 7) is 4.60. The first-order chi connectivity index (χ1) is 18.9. The lowest BCUT2D eigenvalue weighted by Crippen LogP contribution is -2.49. The van der Waals surface area contributed by atoms with Crippen LogP contribution in [0.1, 0.15) is 53.4 Å². The van der Waals surface area contributed by atoms with Crippen LogP contribution in [-0.4, -0.2) is 48.5 Å². The highest BCUT2D eigenvalue weighted by atomic mass is 16.5. The minimum Gasteiger partial charge on any atom is -0.493 e. The molecule has 1 aliphatic heterocycles. The van der Waals surface area contributed by atoms with Crippen LogP contribution in [0.25, 0.3) is 10.9 Å². The van der Waals surface area contributed by atoms with Gasteiger partial charge in [0.05, 0.1) is 20.3 Å². The summed E-state index contributed by atoms with van der Waals surface area (Å²) >= 11 is 0. The largest absolute Gasteiger partial charge is 0.493 e. The summed E-state index contributed by atoms with van der Waals surface area (Å²) in [7, 11) is 3.21. The number of carbonyl (C=O) groups is 2. The number of rotatable bonds is 10. The van der Waals surface area contributed by atoms with Crippen molar-refractivity contribution in [3.63, 3.8) is 0 Å². The molecule has 1 aromatic heterocycles. The molecule has 3 aromatic carbocycles. The Hall–Kier alpha value is -4.26. The van der Waals surface area contributed by atoms with Gasteiger partial charge in [0.15, 0.2) is 11.5 Å². The predicted molar refractivity (Wildman–Crippen MR) is 152 cm³/mol. The highest BCUT2D eigenvalue weighted by Crippen LogP contribution is 2.43. The third kappa shape index (κ3) is 5.09. The molecule has 0 aliphatic carbocycles. The van der Waals surface area contributed by atoms with Gasteiger partial charge in [-0.05, 0) is 54.2 Å². The molecule has 0 spiro atoms. The van der Waals surface area contributed by atoms with Crippen LogP contribution in [0.2, 0.25) is 0 Å². The number of aromatic amines is 1. The fourth-order valence-corrected chi connectivity index (χ4v) is 5.57. The van der Waals surface area contributed by atoms with Gasteiger partial charge in [0.25, 0.3) is 5.91 Å². The smallest absolute Gasteiger partial charge is 0.255 e. The van der Waals surface area contributed by atoms with Crippen LogP contribution in [0.5, 0.6) is 11.5 Å². The van der Waals surface area contributed by atoms with Crippen molar-refractivity contribution in [3.05, 3.63) is 95.2 Å². The topological polar surface area (TPSA) is 83.7 Å². The SMILES string of the molecule is COc1ccc(CCNC(=O)C(CC(C)C)N2C(=O)c3ccccc3C2c2c[nH]c3ccccc23)cc1OC. The van der Waals surface area contributed by atoms with Crippen LogP contribution in [0.15, 0.2) is 72.9 Å². The van der Waals surface area contributed by atoms with E-state index in [1.807, 2.05) is 66.9 Å². The van der Waals surface area contributed by atoms with E-state index in [2.05, 4.69) is 30.2 Å². The van der Waals surface area contributed by atoms with Gasteiger partial charge in [-0.1, -0.05) is 56.3 Å². The van der Waals surface area contributed by atoms with E-state index >= 15 is 0 Å². The van der Waals surface area contributed by atoms with E-state index in [9.17, 15) is 9.59 Å². The normalized spacial score (nSPS) is 15.5. The maximum Gasteiger partial charge on any atom is 0.255 e. The van der Waals surface area contributed by atoms with Gasteiger partial charge in [0.1, 0.15) is 6.04 Å². The molecule has 2 unspecified atom stereocenters. The second-order valence-electron chi connectivity index (χ2n) is 10.4. The van der Waals surface area contributed by atoms with Crippen LogP contribution in [0, 0.1) is 5.92 Å². The molecule has 2 heterocycles. The van der Waals surface area contributed by atoms with E-state index in [0.29, 0.717) is 36.4 Å². The Bertz CT molecular complexity index is 1490. The number of nitrogens with zero attached hydrogens (tertiary/aromatic N) is 1. The fraction of sp³-hybridized carbons (Fsp3) is 0.312. The lowest BCUT2D eigenvalue weighted by Gasteiger charge is -2.34. The summed E-state index contributed by atoms with van der Waals surface area (Å²) < 4.78 is 10.7. The highest BCUT2D eigenvalue weighted by molar-refractivity contribution is 6.03. The van der Waals surface area contributed by atoms with Gasteiger partial charge in [-0.15, -0.1) is 0 Å². The summed E-state index contributed by atoms with van der Waals surface area (Å²) in [6, 6.07) is 20.6. The Labute approximate surface area is 229 Å². The Morgan fingerprint density at radius 2 is 1.72 bits per heavy atom. The molecule has 0 radical (unpaired) electrons. The zero-order valence-electron chi connectivity index (χ0n) is 22.9. The molecule has 4 aromatic rings. The van der Waals surface area contributed by atoms with Gasteiger partial charge in [-0.3, -0.25) is 9.59 Å².